The molecular formula is C25H21N3O3. The molecule has 3 aromatic carbocycles. The first kappa shape index (κ1) is 19.1. The van der Waals surface area contributed by atoms with Gasteiger partial charge >= 0.3 is 0 Å². The summed E-state index contributed by atoms with van der Waals surface area (Å²) in [5, 5.41) is 8.35. The van der Waals surface area contributed by atoms with Crippen molar-refractivity contribution in [2.75, 3.05) is 0 Å². The molecule has 0 amide bonds. The number of carbonyl (C=O) groups is 1. The van der Waals surface area contributed by atoms with Gasteiger partial charge in [-0.2, -0.15) is 0 Å². The highest BCUT2D eigenvalue weighted by molar-refractivity contribution is 6.00. The first-order valence-electron chi connectivity index (χ1n) is 10.2. The monoisotopic (exact) mass is 411 g/mol. The van der Waals surface area contributed by atoms with Crippen LogP contribution in [0.25, 0.3) is 0 Å². The van der Waals surface area contributed by atoms with Crippen molar-refractivity contribution >= 4 is 5.78 Å². The van der Waals surface area contributed by atoms with Gasteiger partial charge in [-0.1, -0.05) is 65.9 Å². The molecule has 31 heavy (non-hydrogen) atoms. The Balaban J connectivity index is 1.26. The first-order valence-corrected chi connectivity index (χ1v) is 10.2. The first-order chi connectivity index (χ1) is 15.2. The minimum absolute atomic E-state index is 0.0745. The van der Waals surface area contributed by atoms with Gasteiger partial charge in [0.25, 0.3) is 0 Å². The average Bonchev–Trinajstić information content (AvgIpc) is 3.26. The molecule has 2 heterocycles. The molecule has 1 aliphatic rings. The normalized spacial score (nSPS) is 15.2. The van der Waals surface area contributed by atoms with Crippen LogP contribution >= 0.6 is 0 Å². The minimum atomic E-state index is -0.283. The van der Waals surface area contributed by atoms with Gasteiger partial charge in [0.05, 0.1) is 24.7 Å². The molecule has 1 atom stereocenters. The summed E-state index contributed by atoms with van der Waals surface area (Å²) in [5.74, 6) is 1.25. The third kappa shape index (κ3) is 4.33. The Morgan fingerprint density at radius 3 is 2.58 bits per heavy atom. The van der Waals surface area contributed by atoms with E-state index in [1.165, 1.54) is 0 Å². The van der Waals surface area contributed by atoms with E-state index in [4.69, 9.17) is 9.47 Å². The van der Waals surface area contributed by atoms with E-state index < -0.39 is 0 Å². The van der Waals surface area contributed by atoms with Gasteiger partial charge in [0.2, 0.25) is 0 Å². The summed E-state index contributed by atoms with van der Waals surface area (Å²) < 4.78 is 13.8. The smallest absolute Gasteiger partial charge is 0.170 e. The van der Waals surface area contributed by atoms with Crippen LogP contribution < -0.4 is 9.47 Å². The zero-order chi connectivity index (χ0) is 21.0. The maximum Gasteiger partial charge on any atom is 0.170 e. The van der Waals surface area contributed by atoms with Crippen LogP contribution in [0.3, 0.4) is 0 Å². The number of aromatic nitrogens is 3. The average molecular weight is 411 g/mol. The fourth-order valence-corrected chi connectivity index (χ4v) is 3.66. The number of hydrogen-bond donors (Lipinski definition) is 0. The Morgan fingerprint density at radius 1 is 1.00 bits per heavy atom. The van der Waals surface area contributed by atoms with Crippen molar-refractivity contribution < 1.29 is 14.3 Å². The number of ketones is 1. The Morgan fingerprint density at radius 2 is 1.77 bits per heavy atom. The number of nitrogens with zero attached hydrogens (tertiary/aromatic N) is 3. The quantitative estimate of drug-likeness (QED) is 0.463. The van der Waals surface area contributed by atoms with Crippen molar-refractivity contribution in [3.8, 4) is 11.5 Å². The van der Waals surface area contributed by atoms with E-state index >= 15 is 0 Å². The SMILES string of the molecule is O=C1CC(c2ccccc2)Oc2cc(OCc3cn(Cc4ccccc4)nn3)ccc21. The molecule has 0 aliphatic carbocycles. The van der Waals surface area contributed by atoms with Crippen molar-refractivity contribution in [2.24, 2.45) is 0 Å². The van der Waals surface area contributed by atoms with E-state index in [1.54, 1.807) is 22.9 Å². The molecule has 5 rings (SSSR count). The van der Waals surface area contributed by atoms with Crippen molar-refractivity contribution in [1.82, 2.24) is 15.0 Å². The molecule has 4 aromatic rings. The molecule has 0 saturated carbocycles. The van der Waals surface area contributed by atoms with Gasteiger partial charge in [0, 0.05) is 6.07 Å². The minimum Gasteiger partial charge on any atom is -0.487 e. The predicted octanol–water partition coefficient (Wildman–Crippen LogP) is 4.61. The molecule has 0 spiro atoms. The van der Waals surface area contributed by atoms with Gasteiger partial charge in [0.15, 0.2) is 5.78 Å². The maximum absolute atomic E-state index is 12.6. The molecule has 1 aliphatic heterocycles. The van der Waals surface area contributed by atoms with Crippen LogP contribution in [-0.2, 0) is 13.2 Å². The van der Waals surface area contributed by atoms with E-state index in [0.717, 1.165) is 16.8 Å². The van der Waals surface area contributed by atoms with Crippen LogP contribution in [0, 0.1) is 0 Å². The maximum atomic E-state index is 12.6. The molecule has 0 bridgehead atoms. The van der Waals surface area contributed by atoms with Crippen LogP contribution in [0.15, 0.2) is 85.1 Å². The molecule has 6 nitrogen and oxygen atoms in total. The number of Topliss-reactive ketones (excluding diaryl/α,β-unsaturated/α-hetero) is 1. The van der Waals surface area contributed by atoms with Gasteiger partial charge in [-0.3, -0.25) is 4.79 Å². The van der Waals surface area contributed by atoms with E-state index in [-0.39, 0.29) is 18.5 Å². The summed E-state index contributed by atoms with van der Waals surface area (Å²) in [6.45, 7) is 0.938. The fraction of sp³-hybridized carbons (Fsp3) is 0.160. The third-order valence-corrected chi connectivity index (χ3v) is 5.23. The topological polar surface area (TPSA) is 66.2 Å². The Labute approximate surface area is 180 Å². The van der Waals surface area contributed by atoms with Crippen LogP contribution in [0.1, 0.15) is 39.7 Å². The van der Waals surface area contributed by atoms with Gasteiger partial charge in [0.1, 0.15) is 29.9 Å². The van der Waals surface area contributed by atoms with Crippen molar-refractivity contribution in [3.05, 3.63) is 107 Å². The van der Waals surface area contributed by atoms with E-state index in [9.17, 15) is 4.79 Å². The largest absolute Gasteiger partial charge is 0.487 e. The van der Waals surface area contributed by atoms with Gasteiger partial charge in [-0.15, -0.1) is 5.10 Å². The number of fused-ring (bicyclic) bond motifs is 1. The number of benzene rings is 3. The Bertz CT molecular complexity index is 1190. The number of hydrogen-bond acceptors (Lipinski definition) is 5. The molecular weight excluding hydrogens is 390 g/mol. The summed E-state index contributed by atoms with van der Waals surface area (Å²) in [7, 11) is 0. The predicted molar refractivity (Wildman–Crippen MR) is 115 cm³/mol. The second-order valence-electron chi connectivity index (χ2n) is 7.48. The molecule has 0 radical (unpaired) electrons. The summed E-state index contributed by atoms with van der Waals surface area (Å²) >= 11 is 0. The highest BCUT2D eigenvalue weighted by Crippen LogP contribution is 2.37. The molecule has 0 N–H and O–H groups in total. The van der Waals surface area contributed by atoms with Crippen molar-refractivity contribution in [3.63, 3.8) is 0 Å². The van der Waals surface area contributed by atoms with E-state index in [0.29, 0.717) is 30.0 Å². The molecule has 1 aromatic heterocycles. The fourth-order valence-electron chi connectivity index (χ4n) is 3.66. The zero-order valence-corrected chi connectivity index (χ0v) is 16.8. The highest BCUT2D eigenvalue weighted by atomic mass is 16.5. The van der Waals surface area contributed by atoms with Crippen molar-refractivity contribution in [1.29, 1.82) is 0 Å². The summed E-state index contributed by atoms with van der Waals surface area (Å²) in [6, 6.07) is 25.2. The van der Waals surface area contributed by atoms with Crippen molar-refractivity contribution in [2.45, 2.75) is 25.7 Å². The standard InChI is InChI=1S/C25H21N3O3/c29-23-14-24(19-9-5-2-6-10-19)31-25-13-21(11-12-22(23)25)30-17-20-16-28(27-26-20)15-18-7-3-1-4-8-18/h1-13,16,24H,14-15,17H2. The molecule has 6 heteroatoms. The summed E-state index contributed by atoms with van der Waals surface area (Å²) in [5.41, 5.74) is 3.47. The molecule has 154 valence electrons. The van der Waals surface area contributed by atoms with E-state index in [1.807, 2.05) is 54.7 Å². The number of rotatable bonds is 6. The van der Waals surface area contributed by atoms with Gasteiger partial charge in [-0.25, -0.2) is 4.68 Å². The van der Waals surface area contributed by atoms with Gasteiger partial charge < -0.3 is 9.47 Å². The number of carbonyl (C=O) groups excluding carboxylic acids is 1. The lowest BCUT2D eigenvalue weighted by Gasteiger charge is -2.26. The zero-order valence-electron chi connectivity index (χ0n) is 16.8. The second kappa shape index (κ2) is 8.44. The highest BCUT2D eigenvalue weighted by Gasteiger charge is 2.27. The molecule has 1 unspecified atom stereocenters. The van der Waals surface area contributed by atoms with Crippen LogP contribution in [0.4, 0.5) is 0 Å². The molecule has 0 saturated heterocycles. The Kier molecular flexibility index (Phi) is 5.19. The van der Waals surface area contributed by atoms with Crippen LogP contribution in [0.2, 0.25) is 0 Å². The third-order valence-electron chi connectivity index (χ3n) is 5.23. The summed E-state index contributed by atoms with van der Waals surface area (Å²) in [4.78, 5) is 12.6. The number of ether oxygens (including phenoxy) is 2. The second-order valence-corrected chi connectivity index (χ2v) is 7.48. The lowest BCUT2D eigenvalue weighted by Crippen LogP contribution is -2.20. The lowest BCUT2D eigenvalue weighted by atomic mass is 9.96. The van der Waals surface area contributed by atoms with E-state index in [2.05, 4.69) is 22.4 Å². The summed E-state index contributed by atoms with van der Waals surface area (Å²) in [6.07, 6.45) is 1.92. The van der Waals surface area contributed by atoms with Gasteiger partial charge in [-0.05, 0) is 23.3 Å². The van der Waals surface area contributed by atoms with Crippen LogP contribution in [0.5, 0.6) is 11.5 Å². The lowest BCUT2D eigenvalue weighted by molar-refractivity contribution is 0.0849. The molecule has 0 fully saturated rings. The van der Waals surface area contributed by atoms with Crippen LogP contribution in [-0.4, -0.2) is 20.8 Å². The Hall–Kier alpha value is -3.93.